The maximum absolute atomic E-state index is 13.6. The van der Waals surface area contributed by atoms with Crippen LogP contribution in [0.1, 0.15) is 39.0 Å². The number of nitrogens with zero attached hydrogens (tertiary/aromatic N) is 2. The zero-order valence-corrected chi connectivity index (χ0v) is 19.4. The highest BCUT2D eigenvalue weighted by atomic mass is 32.2. The Balaban J connectivity index is 1.71. The van der Waals surface area contributed by atoms with Crippen molar-refractivity contribution >= 4 is 27.5 Å². The number of hydrogen-bond acceptors (Lipinski definition) is 4. The van der Waals surface area contributed by atoms with Crippen LogP contribution in [0.15, 0.2) is 59.5 Å². The molecule has 1 aliphatic heterocycles. The van der Waals surface area contributed by atoms with Gasteiger partial charge in [0.1, 0.15) is 11.4 Å². The third-order valence-corrected chi connectivity index (χ3v) is 8.24. The van der Waals surface area contributed by atoms with Crippen molar-refractivity contribution in [3.8, 4) is 0 Å². The van der Waals surface area contributed by atoms with Gasteiger partial charge in [-0.2, -0.15) is 4.31 Å². The first-order valence-electron chi connectivity index (χ1n) is 11.2. The number of rotatable bonds is 5. The Morgan fingerprint density at radius 2 is 1.67 bits per heavy atom. The Morgan fingerprint density at radius 1 is 1.03 bits per heavy atom. The SMILES string of the molecule is C[C@]1(C(=O)NC2CCCCC2)CN(S(=O)(=O)c2ccccc2)CC(=O)N1c1ccc(F)cc1. The van der Waals surface area contributed by atoms with E-state index in [2.05, 4.69) is 5.32 Å². The number of piperazine rings is 1. The summed E-state index contributed by atoms with van der Waals surface area (Å²) >= 11 is 0. The van der Waals surface area contributed by atoms with E-state index in [4.69, 9.17) is 0 Å². The van der Waals surface area contributed by atoms with E-state index in [-0.39, 0.29) is 17.5 Å². The van der Waals surface area contributed by atoms with Gasteiger partial charge in [0.15, 0.2) is 0 Å². The van der Waals surface area contributed by atoms with Gasteiger partial charge in [-0.3, -0.25) is 14.5 Å². The lowest BCUT2D eigenvalue weighted by Crippen LogP contribution is -2.70. The first-order chi connectivity index (χ1) is 15.7. The number of sulfonamides is 1. The van der Waals surface area contributed by atoms with Gasteiger partial charge in [-0.15, -0.1) is 0 Å². The third-order valence-electron chi connectivity index (χ3n) is 6.43. The van der Waals surface area contributed by atoms with Gasteiger partial charge in [0.05, 0.1) is 11.4 Å². The van der Waals surface area contributed by atoms with E-state index < -0.39 is 39.7 Å². The molecule has 1 heterocycles. The monoisotopic (exact) mass is 473 g/mol. The lowest BCUT2D eigenvalue weighted by atomic mass is 9.91. The molecule has 33 heavy (non-hydrogen) atoms. The molecule has 0 radical (unpaired) electrons. The van der Waals surface area contributed by atoms with Crippen LogP contribution in [0.25, 0.3) is 0 Å². The zero-order valence-electron chi connectivity index (χ0n) is 18.5. The molecule has 0 bridgehead atoms. The summed E-state index contributed by atoms with van der Waals surface area (Å²) in [6.07, 6.45) is 4.83. The van der Waals surface area contributed by atoms with E-state index in [1.54, 1.807) is 25.1 Å². The van der Waals surface area contributed by atoms with Crippen molar-refractivity contribution in [1.82, 2.24) is 9.62 Å². The van der Waals surface area contributed by atoms with Gasteiger partial charge in [0.25, 0.3) is 0 Å². The van der Waals surface area contributed by atoms with Gasteiger partial charge in [0.2, 0.25) is 21.8 Å². The molecule has 9 heteroatoms. The molecule has 2 aromatic carbocycles. The highest BCUT2D eigenvalue weighted by molar-refractivity contribution is 7.89. The number of carbonyl (C=O) groups is 2. The van der Waals surface area contributed by atoms with E-state index in [1.165, 1.54) is 41.3 Å². The van der Waals surface area contributed by atoms with Crippen LogP contribution >= 0.6 is 0 Å². The normalized spacial score (nSPS) is 22.8. The number of carbonyl (C=O) groups excluding carboxylic acids is 2. The van der Waals surface area contributed by atoms with E-state index in [1.807, 2.05) is 0 Å². The van der Waals surface area contributed by atoms with Crippen LogP contribution in [0.5, 0.6) is 0 Å². The van der Waals surface area contributed by atoms with Gasteiger partial charge in [-0.1, -0.05) is 37.5 Å². The fourth-order valence-corrected chi connectivity index (χ4v) is 6.16. The molecule has 0 unspecified atom stereocenters. The van der Waals surface area contributed by atoms with Crippen LogP contribution in [0.3, 0.4) is 0 Å². The van der Waals surface area contributed by atoms with Crippen molar-refractivity contribution in [3.05, 3.63) is 60.4 Å². The molecule has 176 valence electrons. The highest BCUT2D eigenvalue weighted by Crippen LogP contribution is 2.33. The summed E-state index contributed by atoms with van der Waals surface area (Å²) in [6.45, 7) is 0.936. The standard InChI is InChI=1S/C24H28FN3O4S/c1-24(23(30)26-19-8-4-2-5-9-19)17-27(33(31,32)21-10-6-3-7-11-21)16-22(29)28(24)20-14-12-18(25)13-15-20/h3,6-7,10-15,19H,2,4-5,8-9,16-17H2,1H3,(H,26,30)/t24-/m1/s1. The van der Waals surface area contributed by atoms with Gasteiger partial charge in [0, 0.05) is 18.3 Å². The van der Waals surface area contributed by atoms with E-state index in [0.717, 1.165) is 36.4 Å². The number of benzene rings is 2. The average Bonchev–Trinajstić information content (AvgIpc) is 2.81. The predicted octanol–water partition coefficient (Wildman–Crippen LogP) is 3.07. The molecule has 7 nitrogen and oxygen atoms in total. The van der Waals surface area contributed by atoms with Crippen LogP contribution in [0, 0.1) is 5.82 Å². The van der Waals surface area contributed by atoms with Gasteiger partial charge in [-0.25, -0.2) is 12.8 Å². The minimum absolute atomic E-state index is 0.0191. The minimum Gasteiger partial charge on any atom is -0.351 e. The van der Waals surface area contributed by atoms with Crippen LogP contribution in [-0.2, 0) is 19.6 Å². The summed E-state index contributed by atoms with van der Waals surface area (Å²) in [5.74, 6) is -1.43. The fraction of sp³-hybridized carbons (Fsp3) is 0.417. The summed E-state index contributed by atoms with van der Waals surface area (Å²) < 4.78 is 41.2. The number of anilines is 1. The fourth-order valence-electron chi connectivity index (χ4n) is 4.66. The van der Waals surface area contributed by atoms with Gasteiger partial charge in [-0.05, 0) is 56.2 Å². The van der Waals surface area contributed by atoms with E-state index in [0.29, 0.717) is 5.69 Å². The molecule has 1 aliphatic carbocycles. The average molecular weight is 474 g/mol. The second-order valence-corrected chi connectivity index (χ2v) is 10.8. The number of nitrogens with one attached hydrogen (secondary N) is 1. The molecule has 2 fully saturated rings. The molecular formula is C24H28FN3O4S. The topological polar surface area (TPSA) is 86.8 Å². The first-order valence-corrected chi connectivity index (χ1v) is 12.6. The highest BCUT2D eigenvalue weighted by Gasteiger charge is 2.51. The summed E-state index contributed by atoms with van der Waals surface area (Å²) in [4.78, 5) is 28.3. The van der Waals surface area contributed by atoms with Crippen molar-refractivity contribution in [2.75, 3.05) is 18.0 Å². The Hall–Kier alpha value is -2.78. The quantitative estimate of drug-likeness (QED) is 0.723. The molecule has 1 N–H and O–H groups in total. The lowest BCUT2D eigenvalue weighted by molar-refractivity contribution is -0.133. The maximum atomic E-state index is 13.6. The van der Waals surface area contributed by atoms with Gasteiger partial charge >= 0.3 is 0 Å². The minimum atomic E-state index is -4.00. The molecular weight excluding hydrogens is 445 g/mol. The molecule has 4 rings (SSSR count). The molecule has 2 aromatic rings. The molecule has 0 spiro atoms. The Labute approximate surface area is 193 Å². The summed E-state index contributed by atoms with van der Waals surface area (Å²) in [5, 5.41) is 3.04. The van der Waals surface area contributed by atoms with E-state index >= 15 is 0 Å². The Bertz CT molecular complexity index is 1120. The number of hydrogen-bond donors (Lipinski definition) is 1. The van der Waals surface area contributed by atoms with Crippen molar-refractivity contribution in [3.63, 3.8) is 0 Å². The predicted molar refractivity (Wildman–Crippen MR) is 123 cm³/mol. The van der Waals surface area contributed by atoms with Crippen LogP contribution < -0.4 is 10.2 Å². The summed E-state index contributed by atoms with van der Waals surface area (Å²) in [7, 11) is -4.00. The van der Waals surface area contributed by atoms with Crippen molar-refractivity contribution in [2.45, 2.75) is 55.5 Å². The molecule has 2 aliphatic rings. The number of halogens is 1. The maximum Gasteiger partial charge on any atom is 0.247 e. The molecule has 1 saturated carbocycles. The van der Waals surface area contributed by atoms with Crippen molar-refractivity contribution < 1.29 is 22.4 Å². The molecule has 2 amide bonds. The zero-order chi connectivity index (χ0) is 23.6. The number of amides is 2. The smallest absolute Gasteiger partial charge is 0.247 e. The second-order valence-electron chi connectivity index (χ2n) is 8.87. The largest absolute Gasteiger partial charge is 0.351 e. The van der Waals surface area contributed by atoms with Crippen LogP contribution in [0.2, 0.25) is 0 Å². The lowest BCUT2D eigenvalue weighted by Gasteiger charge is -2.47. The molecule has 0 aromatic heterocycles. The summed E-state index contributed by atoms with van der Waals surface area (Å²) in [6, 6.07) is 13.1. The third kappa shape index (κ3) is 4.65. The van der Waals surface area contributed by atoms with Crippen molar-refractivity contribution in [1.29, 1.82) is 0 Å². The van der Waals surface area contributed by atoms with Crippen LogP contribution in [-0.4, -0.2) is 49.2 Å². The van der Waals surface area contributed by atoms with E-state index in [9.17, 15) is 22.4 Å². The molecule has 1 saturated heterocycles. The Morgan fingerprint density at radius 3 is 2.30 bits per heavy atom. The van der Waals surface area contributed by atoms with Gasteiger partial charge < -0.3 is 5.32 Å². The first kappa shape index (κ1) is 23.4. The molecule has 1 atom stereocenters. The Kier molecular flexibility index (Phi) is 6.54. The van der Waals surface area contributed by atoms with Crippen molar-refractivity contribution in [2.24, 2.45) is 0 Å². The summed E-state index contributed by atoms with van der Waals surface area (Å²) in [5.41, 5.74) is -1.16. The van der Waals surface area contributed by atoms with Crippen LogP contribution in [0.4, 0.5) is 10.1 Å². The second kappa shape index (κ2) is 9.23.